The summed E-state index contributed by atoms with van der Waals surface area (Å²) in [5.41, 5.74) is 4.34. The molecule has 0 radical (unpaired) electrons. The van der Waals surface area contributed by atoms with E-state index in [9.17, 15) is 0 Å². The van der Waals surface area contributed by atoms with Gasteiger partial charge in [0.25, 0.3) is 0 Å². The fourth-order valence-electron chi connectivity index (χ4n) is 2.81. The molecule has 0 atom stereocenters. The lowest BCUT2D eigenvalue weighted by atomic mass is 10.1. The van der Waals surface area contributed by atoms with Crippen LogP contribution in [0, 0.1) is 6.92 Å². The van der Waals surface area contributed by atoms with Gasteiger partial charge >= 0.3 is 0 Å². The molecule has 0 unspecified atom stereocenters. The van der Waals surface area contributed by atoms with E-state index in [0.29, 0.717) is 24.7 Å². The predicted octanol–water partition coefficient (Wildman–Crippen LogP) is 3.77. The van der Waals surface area contributed by atoms with Crippen LogP contribution in [0.1, 0.15) is 22.9 Å². The molecule has 0 spiro atoms. The van der Waals surface area contributed by atoms with E-state index in [1.54, 1.807) is 6.20 Å². The first kappa shape index (κ1) is 16.1. The molecule has 1 N–H and O–H groups in total. The first-order valence-electron chi connectivity index (χ1n) is 8.48. The van der Waals surface area contributed by atoms with Gasteiger partial charge in [-0.05, 0) is 36.2 Å². The number of hydrogen-bond acceptors (Lipinski definition) is 5. The van der Waals surface area contributed by atoms with Crippen LogP contribution in [0.15, 0.2) is 71.4 Å². The zero-order valence-electron chi connectivity index (χ0n) is 14.5. The second-order valence-electron chi connectivity index (χ2n) is 6.01. The third kappa shape index (κ3) is 3.49. The van der Waals surface area contributed by atoms with Gasteiger partial charge in [-0.1, -0.05) is 36.4 Å². The molecule has 0 bridgehead atoms. The summed E-state index contributed by atoms with van der Waals surface area (Å²) >= 11 is 0. The van der Waals surface area contributed by atoms with E-state index < -0.39 is 0 Å². The van der Waals surface area contributed by atoms with Crippen molar-refractivity contribution in [3.05, 3.63) is 89.9 Å². The molecular weight excluding hydrogens is 326 g/mol. The molecular formula is C20H19N5O. The average Bonchev–Trinajstić information content (AvgIpc) is 3.34. The fraction of sp³-hybridized carbons (Fsp3) is 0.150. The maximum Gasteiger partial charge on any atom is 0.235 e. The Kier molecular flexibility index (Phi) is 4.47. The van der Waals surface area contributed by atoms with Gasteiger partial charge in [0, 0.05) is 12.4 Å². The number of nitrogens with zero attached hydrogens (tertiary/aromatic N) is 4. The number of nitrogens with one attached hydrogen (secondary N) is 1. The van der Waals surface area contributed by atoms with Crippen molar-refractivity contribution in [3.8, 4) is 5.69 Å². The molecule has 2 aromatic carbocycles. The third-order valence-corrected chi connectivity index (χ3v) is 4.20. The van der Waals surface area contributed by atoms with Crippen molar-refractivity contribution in [1.82, 2.24) is 20.0 Å². The Morgan fingerprint density at radius 1 is 0.962 bits per heavy atom. The van der Waals surface area contributed by atoms with E-state index >= 15 is 0 Å². The Balaban J connectivity index is 1.45. The van der Waals surface area contributed by atoms with Gasteiger partial charge in [0.05, 0.1) is 24.3 Å². The molecule has 6 nitrogen and oxygen atoms in total. The highest BCUT2D eigenvalue weighted by molar-refractivity contribution is 5.60. The number of anilines is 1. The Morgan fingerprint density at radius 2 is 1.77 bits per heavy atom. The molecule has 0 saturated carbocycles. The second kappa shape index (κ2) is 7.23. The van der Waals surface area contributed by atoms with Gasteiger partial charge in [-0.3, -0.25) is 0 Å². The summed E-state index contributed by atoms with van der Waals surface area (Å²) in [6.07, 6.45) is 4.31. The van der Waals surface area contributed by atoms with Crippen LogP contribution in [0.4, 0.5) is 5.69 Å². The van der Waals surface area contributed by atoms with Gasteiger partial charge < -0.3 is 9.73 Å². The molecule has 26 heavy (non-hydrogen) atoms. The summed E-state index contributed by atoms with van der Waals surface area (Å²) in [6.45, 7) is 2.54. The molecule has 6 heteroatoms. The summed E-state index contributed by atoms with van der Waals surface area (Å²) in [6, 6.07) is 18.1. The van der Waals surface area contributed by atoms with Crippen molar-refractivity contribution in [3.63, 3.8) is 0 Å². The second-order valence-corrected chi connectivity index (χ2v) is 6.01. The summed E-state index contributed by atoms with van der Waals surface area (Å²) in [7, 11) is 0. The van der Waals surface area contributed by atoms with E-state index in [1.807, 2.05) is 53.3 Å². The number of hydrogen-bond donors (Lipinski definition) is 1. The molecule has 0 fully saturated rings. The molecule has 0 aliphatic rings. The summed E-state index contributed by atoms with van der Waals surface area (Å²) in [4.78, 5) is 0. The Morgan fingerprint density at radius 3 is 2.62 bits per heavy atom. The van der Waals surface area contributed by atoms with Gasteiger partial charge in [0.2, 0.25) is 11.8 Å². The number of para-hydroxylation sites is 2. The van der Waals surface area contributed by atoms with E-state index in [-0.39, 0.29) is 0 Å². The zero-order valence-corrected chi connectivity index (χ0v) is 14.5. The topological polar surface area (TPSA) is 68.8 Å². The first-order chi connectivity index (χ1) is 12.8. The number of benzene rings is 2. The molecule has 0 amide bonds. The van der Waals surface area contributed by atoms with Crippen molar-refractivity contribution >= 4 is 5.69 Å². The number of aromatic nitrogens is 4. The molecule has 0 aliphatic heterocycles. The highest BCUT2D eigenvalue weighted by atomic mass is 16.4. The lowest BCUT2D eigenvalue weighted by Gasteiger charge is -2.10. The summed E-state index contributed by atoms with van der Waals surface area (Å²) in [5, 5.41) is 15.9. The van der Waals surface area contributed by atoms with Crippen LogP contribution in [0.2, 0.25) is 0 Å². The highest BCUT2D eigenvalue weighted by Gasteiger charge is 2.10. The van der Waals surface area contributed by atoms with Gasteiger partial charge in [-0.2, -0.15) is 5.10 Å². The monoisotopic (exact) mass is 345 g/mol. The molecule has 4 rings (SSSR count). The minimum atomic E-state index is 0.457. The van der Waals surface area contributed by atoms with E-state index in [1.165, 1.54) is 11.1 Å². The largest absolute Gasteiger partial charge is 0.423 e. The van der Waals surface area contributed by atoms with E-state index in [2.05, 4.69) is 39.7 Å². The van der Waals surface area contributed by atoms with Crippen LogP contribution < -0.4 is 5.32 Å². The van der Waals surface area contributed by atoms with Gasteiger partial charge in [-0.15, -0.1) is 10.2 Å². The van der Waals surface area contributed by atoms with E-state index in [0.717, 1.165) is 11.4 Å². The maximum absolute atomic E-state index is 5.79. The quantitative estimate of drug-likeness (QED) is 0.576. The van der Waals surface area contributed by atoms with Crippen LogP contribution in [-0.2, 0) is 13.0 Å². The normalized spacial score (nSPS) is 10.8. The summed E-state index contributed by atoms with van der Waals surface area (Å²) < 4.78 is 7.61. The average molecular weight is 345 g/mol. The molecule has 0 aliphatic carbocycles. The number of rotatable bonds is 6. The van der Waals surface area contributed by atoms with E-state index in [4.69, 9.17) is 4.42 Å². The molecule has 2 heterocycles. The van der Waals surface area contributed by atoms with Crippen molar-refractivity contribution in [2.45, 2.75) is 19.9 Å². The highest BCUT2D eigenvalue weighted by Crippen LogP contribution is 2.20. The maximum atomic E-state index is 5.79. The van der Waals surface area contributed by atoms with Gasteiger partial charge in [0.15, 0.2) is 0 Å². The SMILES string of the molecule is Cc1ccccc1Cc1nnc(CNc2ccccc2-n2cccn2)o1. The molecule has 4 aromatic rings. The third-order valence-electron chi connectivity index (χ3n) is 4.20. The minimum absolute atomic E-state index is 0.457. The lowest BCUT2D eigenvalue weighted by Crippen LogP contribution is -2.05. The summed E-state index contributed by atoms with van der Waals surface area (Å²) in [5.74, 6) is 1.18. The molecule has 0 saturated heterocycles. The Labute approximate surface area is 151 Å². The predicted molar refractivity (Wildman–Crippen MR) is 99.2 cm³/mol. The van der Waals surface area contributed by atoms with Crippen LogP contribution >= 0.6 is 0 Å². The van der Waals surface area contributed by atoms with Crippen molar-refractivity contribution in [2.75, 3.05) is 5.32 Å². The smallest absolute Gasteiger partial charge is 0.235 e. The molecule has 130 valence electrons. The first-order valence-corrected chi connectivity index (χ1v) is 8.48. The van der Waals surface area contributed by atoms with Crippen molar-refractivity contribution in [2.24, 2.45) is 0 Å². The minimum Gasteiger partial charge on any atom is -0.423 e. The van der Waals surface area contributed by atoms with Crippen LogP contribution in [0.3, 0.4) is 0 Å². The van der Waals surface area contributed by atoms with Crippen molar-refractivity contribution < 1.29 is 4.42 Å². The van der Waals surface area contributed by atoms with Crippen LogP contribution in [-0.4, -0.2) is 20.0 Å². The van der Waals surface area contributed by atoms with Crippen LogP contribution in [0.25, 0.3) is 5.69 Å². The van der Waals surface area contributed by atoms with Crippen molar-refractivity contribution in [1.29, 1.82) is 0 Å². The standard InChI is InChI=1S/C20H19N5O/c1-15-7-2-3-8-16(15)13-19-23-24-20(26-19)14-21-17-9-4-5-10-18(17)25-12-6-11-22-25/h2-12,21H,13-14H2,1H3. The zero-order chi connectivity index (χ0) is 17.8. The van der Waals surface area contributed by atoms with Crippen LogP contribution in [0.5, 0.6) is 0 Å². The Bertz CT molecular complexity index is 991. The number of aryl methyl sites for hydroxylation is 1. The van der Waals surface area contributed by atoms with Gasteiger partial charge in [-0.25, -0.2) is 4.68 Å². The fourth-order valence-corrected chi connectivity index (χ4v) is 2.81. The van der Waals surface area contributed by atoms with Gasteiger partial charge in [0.1, 0.15) is 0 Å². The lowest BCUT2D eigenvalue weighted by molar-refractivity contribution is 0.464. The Hall–Kier alpha value is -3.41. The molecule has 2 aromatic heterocycles.